The number of esters is 2. The summed E-state index contributed by atoms with van der Waals surface area (Å²) in [4.78, 5) is 30.9. The van der Waals surface area contributed by atoms with Crippen LogP contribution in [0.15, 0.2) is 0 Å². The summed E-state index contributed by atoms with van der Waals surface area (Å²) >= 11 is 0. The van der Waals surface area contributed by atoms with Crippen molar-refractivity contribution in [1.29, 1.82) is 0 Å². The van der Waals surface area contributed by atoms with E-state index in [0.29, 0.717) is 25.7 Å². The maximum atomic E-state index is 14.4. The molecule has 0 aliphatic carbocycles. The van der Waals surface area contributed by atoms with E-state index in [1.165, 1.54) is 28.1 Å². The van der Waals surface area contributed by atoms with Crippen LogP contribution in [-0.4, -0.2) is 266 Å². The molecule has 0 radical (unpaired) electrons. The molecule has 0 aromatic carbocycles. The molecule has 14 unspecified atom stereocenters. The van der Waals surface area contributed by atoms with Crippen molar-refractivity contribution >= 4 is 11.9 Å². The average molecular weight is 1430 g/mol. The molecule has 9 aliphatic rings. The number of aliphatic hydroxyl groups is 8. The fraction of sp³-hybridized carbons (Fsp3) is 0.973. The smallest absolute Gasteiger partial charge is 0.311 e. The van der Waals surface area contributed by atoms with Crippen molar-refractivity contribution in [3.05, 3.63) is 0 Å². The number of likely N-dealkylation sites (tertiary alicyclic amines) is 1. The molecule has 0 aromatic heterocycles. The fourth-order valence-electron chi connectivity index (χ4n) is 18.9. The molecule has 26 heteroatoms. The van der Waals surface area contributed by atoms with Gasteiger partial charge in [-0.15, -0.1) is 0 Å². The Bertz CT molecular complexity index is 2640. The predicted octanol–water partition coefficient (Wildman–Crippen LogP) is 5.18. The van der Waals surface area contributed by atoms with Crippen LogP contribution < -0.4 is 5.73 Å². The highest BCUT2D eigenvalue weighted by Crippen LogP contribution is 2.52. The summed E-state index contributed by atoms with van der Waals surface area (Å²) in [5.74, 6) is -5.37. The molecule has 9 heterocycles. The zero-order valence-electron chi connectivity index (χ0n) is 64.1. The Kier molecular flexibility index (Phi) is 27.5. The van der Waals surface area contributed by atoms with Gasteiger partial charge in [-0.05, 0) is 159 Å². The highest BCUT2D eigenvalue weighted by Gasteiger charge is 2.62. The van der Waals surface area contributed by atoms with Crippen molar-refractivity contribution < 1.29 is 117 Å². The van der Waals surface area contributed by atoms with Gasteiger partial charge in [0, 0.05) is 62.8 Å². The van der Waals surface area contributed by atoms with E-state index in [0.717, 1.165) is 25.9 Å². The lowest BCUT2D eigenvalue weighted by Gasteiger charge is -2.48. The van der Waals surface area contributed by atoms with E-state index < -0.39 is 210 Å². The van der Waals surface area contributed by atoms with Crippen LogP contribution in [-0.2, 0) is 75.9 Å². The molecule has 9 aliphatic heterocycles. The second-order valence-electron chi connectivity index (χ2n) is 33.4. The van der Waals surface area contributed by atoms with E-state index in [1.807, 2.05) is 62.3 Å². The minimum atomic E-state index is -1.79. The number of ether oxygens (including phenoxy) is 14. The molecule has 4 bridgehead atoms. The number of fused-ring (bicyclic) bond motifs is 4. The van der Waals surface area contributed by atoms with Crippen molar-refractivity contribution in [1.82, 2.24) is 4.90 Å². The molecule has 0 spiro atoms. The third kappa shape index (κ3) is 17.1. The highest BCUT2D eigenvalue weighted by atomic mass is 16.7. The third-order valence-electron chi connectivity index (χ3n) is 25.1. The molecule has 9 fully saturated rings. The fourth-order valence-corrected chi connectivity index (χ4v) is 18.9. The standard InChI is InChI=1S/C39H69NO12.C35H63NO12/c1-12-27(41)39(10,45)34-22(4)30-20(2)18-38(9,52-30)33(51-36-29(42)26(17-21(3)47-36)40-15-13-14-16-40)23(5)31(24(6)35(44)50-34)49-28-19-37(8,46-11)32(43)25(7)48-28;1-12-23(37)35(10,41)30-18(4)26-16(2)14-34(9,48-26)29(47-32-25(38)22(36)13-17(3)43-32)19(5)27(20(6)31(40)46-30)45-24-15-33(8,42-11)28(39)21(7)44-24/h20-34,36,41-43,45H,12-19H2,1-11H3;16-30,32,37-39,41H,12-15,36H2,1-11H3/t20?,21?,22-,23-,24+,25?,26?,27+,28-,29?,30?,31-,32-,33+,34+,36-,37?,38-,39+;16?,17?,18-,19-,20+,21?,22?,23+,24-,25?,26?,27-,28-,29+,30+,32-,33?,34-,35+/m00/s1. The van der Waals surface area contributed by atoms with Crippen LogP contribution in [0.25, 0.3) is 0 Å². The van der Waals surface area contributed by atoms with Gasteiger partial charge in [0.15, 0.2) is 25.2 Å². The molecule has 582 valence electrons. The largest absolute Gasteiger partial charge is 0.459 e. The number of hydrogen-bond acceptors (Lipinski definition) is 26. The lowest BCUT2D eigenvalue weighted by atomic mass is 9.76. The van der Waals surface area contributed by atoms with Gasteiger partial charge in [-0.25, -0.2) is 0 Å². The lowest BCUT2D eigenvalue weighted by molar-refractivity contribution is -0.318. The zero-order chi connectivity index (χ0) is 74.6. The number of hydrogen-bond donors (Lipinski definition) is 9. The van der Waals surface area contributed by atoms with E-state index in [4.69, 9.17) is 72.0 Å². The summed E-state index contributed by atoms with van der Waals surface area (Å²) < 4.78 is 90.0. The molecular weight excluding hydrogens is 1300 g/mol. The van der Waals surface area contributed by atoms with Crippen LogP contribution in [0, 0.1) is 47.3 Å². The van der Waals surface area contributed by atoms with Gasteiger partial charge in [-0.1, -0.05) is 55.4 Å². The molecular formula is C74H132N2O24. The van der Waals surface area contributed by atoms with Crippen LogP contribution in [0.5, 0.6) is 0 Å². The molecule has 9 saturated heterocycles. The van der Waals surface area contributed by atoms with Gasteiger partial charge in [-0.3, -0.25) is 14.5 Å². The summed E-state index contributed by atoms with van der Waals surface area (Å²) in [6, 6.07) is -0.688. The highest BCUT2D eigenvalue weighted by molar-refractivity contribution is 5.73. The Labute approximate surface area is 595 Å². The number of aliphatic hydroxyl groups excluding tert-OH is 6. The van der Waals surface area contributed by atoms with Crippen molar-refractivity contribution in [2.75, 3.05) is 27.3 Å². The van der Waals surface area contributed by atoms with E-state index in [-0.39, 0.29) is 55.8 Å². The number of cyclic esters (lactones) is 2. The number of methoxy groups -OCH3 is 2. The SMILES string of the molecule is CC[C@@H](O)[C@@](C)(O)[C@@H]1OC(=O)[C@H](C)[C@@H](O[C@H]2CC(C)(OC)[C@@H](O)C(C)O2)[C@H](C)[C@@H](O[C@@H]2OC(C)CC(N)C2O)[C@]2(C)CC(C)C(O2)[C@@H]1C.CC[C@@H](O)[C@@](C)(O)[C@@H]1OC(=O)[C@H](C)[C@@H](O[C@H]2CC(C)(OC)[C@@H](O)C(C)O2)[C@H](C)[C@@H](O[C@@H]2OC(C)CC(N3CCCC3)C2O)[C@]2(C)CC(C)C(O2)[C@@H]1C. The predicted molar refractivity (Wildman–Crippen MR) is 365 cm³/mol. The maximum absolute atomic E-state index is 14.4. The minimum absolute atomic E-state index is 0.0508. The average Bonchev–Trinajstić information content (AvgIpc) is 1.57. The molecule has 26 nitrogen and oxygen atoms in total. The van der Waals surface area contributed by atoms with Crippen molar-refractivity contribution in [2.24, 2.45) is 53.1 Å². The van der Waals surface area contributed by atoms with Crippen LogP contribution in [0.2, 0.25) is 0 Å². The number of nitrogens with two attached hydrogens (primary N) is 1. The first-order valence-corrected chi connectivity index (χ1v) is 37.6. The van der Waals surface area contributed by atoms with Crippen molar-refractivity contribution in [2.45, 2.75) is 383 Å². The van der Waals surface area contributed by atoms with Gasteiger partial charge in [0.05, 0.1) is 107 Å². The van der Waals surface area contributed by atoms with Gasteiger partial charge >= 0.3 is 11.9 Å². The van der Waals surface area contributed by atoms with Crippen LogP contribution in [0.1, 0.15) is 203 Å². The quantitative estimate of drug-likeness (QED) is 0.0847. The number of nitrogens with zero attached hydrogens (tertiary/aromatic N) is 1. The Morgan fingerprint density at radius 1 is 0.550 bits per heavy atom. The molecule has 38 atom stereocenters. The van der Waals surface area contributed by atoms with Gasteiger partial charge in [-0.2, -0.15) is 0 Å². The summed E-state index contributed by atoms with van der Waals surface area (Å²) in [5.41, 5.74) is -1.15. The third-order valence-corrected chi connectivity index (χ3v) is 25.1. The number of rotatable bonds is 17. The van der Waals surface area contributed by atoms with E-state index in [1.54, 1.807) is 55.4 Å². The van der Waals surface area contributed by atoms with Gasteiger partial charge in [0.2, 0.25) is 0 Å². The maximum Gasteiger partial charge on any atom is 0.311 e. The van der Waals surface area contributed by atoms with E-state index in [2.05, 4.69) is 11.8 Å². The van der Waals surface area contributed by atoms with Crippen molar-refractivity contribution in [3.63, 3.8) is 0 Å². The topological polar surface area (TPSA) is 354 Å². The first-order valence-electron chi connectivity index (χ1n) is 37.6. The van der Waals surface area contributed by atoms with Crippen molar-refractivity contribution in [3.8, 4) is 0 Å². The van der Waals surface area contributed by atoms with Gasteiger partial charge in [0.25, 0.3) is 0 Å². The Balaban J connectivity index is 0.000000255. The van der Waals surface area contributed by atoms with Gasteiger partial charge < -0.3 is 113 Å². The Hall–Kier alpha value is -1.94. The van der Waals surface area contributed by atoms with Crippen LogP contribution in [0.4, 0.5) is 0 Å². The molecule has 0 saturated carbocycles. The van der Waals surface area contributed by atoms with E-state index in [9.17, 15) is 50.4 Å². The Morgan fingerprint density at radius 3 is 1.29 bits per heavy atom. The second kappa shape index (κ2) is 32.9. The summed E-state index contributed by atoms with van der Waals surface area (Å²) in [5, 5.41) is 90.3. The zero-order valence-corrected chi connectivity index (χ0v) is 64.1. The van der Waals surface area contributed by atoms with Crippen LogP contribution >= 0.6 is 0 Å². The summed E-state index contributed by atoms with van der Waals surface area (Å²) in [6.45, 7) is 38.4. The number of carbonyl (C=O) groups excluding carboxylic acids is 2. The summed E-state index contributed by atoms with van der Waals surface area (Å²) in [7, 11) is 3.06. The lowest BCUT2D eigenvalue weighted by Crippen LogP contribution is -2.60. The molecule has 0 aromatic rings. The second-order valence-corrected chi connectivity index (χ2v) is 33.4. The first-order chi connectivity index (χ1) is 46.5. The molecule has 100 heavy (non-hydrogen) atoms. The monoisotopic (exact) mass is 1430 g/mol. The first kappa shape index (κ1) is 83.7. The summed E-state index contributed by atoms with van der Waals surface area (Å²) in [6.07, 6.45) is -12.9. The Morgan fingerprint density at radius 2 is 0.920 bits per heavy atom. The normalized spacial score (nSPS) is 50.4. The van der Waals surface area contributed by atoms with E-state index >= 15 is 0 Å². The minimum Gasteiger partial charge on any atom is -0.459 e. The van der Waals surface area contributed by atoms with Crippen LogP contribution in [0.3, 0.4) is 0 Å². The molecule has 10 N–H and O–H groups in total. The van der Waals surface area contributed by atoms with Gasteiger partial charge in [0.1, 0.15) is 47.8 Å². The number of carbonyl (C=O) groups is 2. The molecule has 9 rings (SSSR count). The molecule has 0 amide bonds.